The summed E-state index contributed by atoms with van der Waals surface area (Å²) in [6, 6.07) is 7.33. The molecule has 0 aliphatic heterocycles. The summed E-state index contributed by atoms with van der Waals surface area (Å²) in [5.74, 6) is 0. The van der Waals surface area contributed by atoms with Crippen molar-refractivity contribution in [2.75, 3.05) is 12.3 Å². The third kappa shape index (κ3) is 2.22. The van der Waals surface area contributed by atoms with E-state index >= 15 is 0 Å². The second kappa shape index (κ2) is 4.09. The highest BCUT2D eigenvalue weighted by molar-refractivity contribution is 5.46. The molecule has 1 aromatic carbocycles. The number of aliphatic hydroxyl groups excluding tert-OH is 1. The fraction of sp³-hybridized carbons (Fsp3) is 0.333. The maximum atomic E-state index is 8.72. The highest BCUT2D eigenvalue weighted by Gasteiger charge is 2.03. The molecule has 0 aliphatic rings. The van der Waals surface area contributed by atoms with E-state index in [2.05, 4.69) is 0 Å². The molecule has 0 aliphatic carbocycles. The Morgan fingerprint density at radius 3 is 2.58 bits per heavy atom. The molecule has 0 saturated carbocycles. The van der Waals surface area contributed by atoms with Gasteiger partial charge in [-0.1, -0.05) is 18.2 Å². The molecule has 3 heteroatoms. The summed E-state index contributed by atoms with van der Waals surface area (Å²) in [4.78, 5) is 0. The van der Waals surface area contributed by atoms with Crippen molar-refractivity contribution in [1.29, 1.82) is 0 Å². The second-order valence-electron chi connectivity index (χ2n) is 2.85. The molecule has 1 aromatic rings. The third-order valence-electron chi connectivity index (χ3n) is 1.77. The van der Waals surface area contributed by atoms with Crippen LogP contribution >= 0.6 is 0 Å². The van der Waals surface area contributed by atoms with Crippen molar-refractivity contribution >= 4 is 5.69 Å². The lowest BCUT2D eigenvalue weighted by molar-refractivity contribution is 0.265. The van der Waals surface area contributed by atoms with Crippen LogP contribution in [0.2, 0.25) is 0 Å². The summed E-state index contributed by atoms with van der Waals surface area (Å²) in [6.07, 6.45) is 0.628. The standard InChI is InChI=1S/C9H14N2O/c10-8(6-12)5-7-3-1-2-4-9(7)11/h1-4,8,12H,5-6,10-11H2. The Kier molecular flexibility index (Phi) is 3.08. The molecule has 0 radical (unpaired) electrons. The maximum Gasteiger partial charge on any atom is 0.0585 e. The Labute approximate surface area is 72.0 Å². The zero-order chi connectivity index (χ0) is 8.97. The van der Waals surface area contributed by atoms with Crippen LogP contribution in [0.5, 0.6) is 0 Å². The van der Waals surface area contributed by atoms with Crippen molar-refractivity contribution in [2.45, 2.75) is 12.5 Å². The van der Waals surface area contributed by atoms with Gasteiger partial charge in [-0.25, -0.2) is 0 Å². The molecule has 0 saturated heterocycles. The number of nitrogen functional groups attached to an aromatic ring is 1. The van der Waals surface area contributed by atoms with Gasteiger partial charge in [-0.15, -0.1) is 0 Å². The predicted molar refractivity (Wildman–Crippen MR) is 49.6 cm³/mol. The summed E-state index contributed by atoms with van der Waals surface area (Å²) in [7, 11) is 0. The van der Waals surface area contributed by atoms with Crippen LogP contribution in [0.4, 0.5) is 5.69 Å². The minimum absolute atomic E-state index is 0.00562. The monoisotopic (exact) mass is 166 g/mol. The molecule has 0 fully saturated rings. The summed E-state index contributed by atoms with van der Waals surface area (Å²) >= 11 is 0. The van der Waals surface area contributed by atoms with Gasteiger partial charge in [0.2, 0.25) is 0 Å². The van der Waals surface area contributed by atoms with Crippen molar-refractivity contribution in [3.05, 3.63) is 29.8 Å². The van der Waals surface area contributed by atoms with Gasteiger partial charge in [0.15, 0.2) is 0 Å². The quantitative estimate of drug-likeness (QED) is 0.559. The molecule has 12 heavy (non-hydrogen) atoms. The number of benzene rings is 1. The lowest BCUT2D eigenvalue weighted by atomic mass is 10.1. The van der Waals surface area contributed by atoms with Crippen LogP contribution < -0.4 is 11.5 Å². The molecule has 0 spiro atoms. The van der Waals surface area contributed by atoms with Gasteiger partial charge in [-0.3, -0.25) is 0 Å². The Morgan fingerprint density at radius 2 is 2.00 bits per heavy atom. The van der Waals surface area contributed by atoms with Gasteiger partial charge < -0.3 is 16.6 Å². The Bertz CT molecular complexity index is 250. The number of hydrogen-bond donors (Lipinski definition) is 3. The van der Waals surface area contributed by atoms with Gasteiger partial charge in [0.05, 0.1) is 6.61 Å². The summed E-state index contributed by atoms with van der Waals surface area (Å²) < 4.78 is 0. The number of hydrogen-bond acceptors (Lipinski definition) is 3. The Morgan fingerprint density at radius 1 is 1.33 bits per heavy atom. The van der Waals surface area contributed by atoms with Gasteiger partial charge >= 0.3 is 0 Å². The first-order valence-electron chi connectivity index (χ1n) is 3.94. The molecule has 1 atom stereocenters. The molecule has 0 amide bonds. The highest BCUT2D eigenvalue weighted by atomic mass is 16.3. The van der Waals surface area contributed by atoms with E-state index in [-0.39, 0.29) is 12.6 Å². The zero-order valence-corrected chi connectivity index (χ0v) is 6.90. The average molecular weight is 166 g/mol. The molecule has 0 aromatic heterocycles. The van der Waals surface area contributed by atoms with E-state index in [9.17, 15) is 0 Å². The molecule has 1 rings (SSSR count). The SMILES string of the molecule is Nc1ccccc1CC(N)CO. The maximum absolute atomic E-state index is 8.72. The van der Waals surface area contributed by atoms with Crippen molar-refractivity contribution in [3.8, 4) is 0 Å². The normalized spacial score (nSPS) is 12.8. The minimum Gasteiger partial charge on any atom is -0.399 e. The van der Waals surface area contributed by atoms with Crippen LogP contribution in [-0.4, -0.2) is 17.8 Å². The van der Waals surface area contributed by atoms with Crippen molar-refractivity contribution in [3.63, 3.8) is 0 Å². The summed E-state index contributed by atoms with van der Waals surface area (Å²) in [6.45, 7) is -0.00562. The van der Waals surface area contributed by atoms with E-state index in [4.69, 9.17) is 16.6 Å². The summed E-state index contributed by atoms with van der Waals surface area (Å²) in [5, 5.41) is 8.72. The van der Waals surface area contributed by atoms with Crippen LogP contribution in [0, 0.1) is 0 Å². The van der Waals surface area contributed by atoms with Crippen LogP contribution in [0.25, 0.3) is 0 Å². The van der Waals surface area contributed by atoms with Crippen molar-refractivity contribution in [1.82, 2.24) is 0 Å². The van der Waals surface area contributed by atoms with E-state index in [1.54, 1.807) is 0 Å². The van der Waals surface area contributed by atoms with E-state index in [1.807, 2.05) is 24.3 Å². The lowest BCUT2D eigenvalue weighted by Gasteiger charge is -2.09. The molecule has 0 bridgehead atoms. The van der Waals surface area contributed by atoms with E-state index in [0.717, 1.165) is 11.3 Å². The second-order valence-corrected chi connectivity index (χ2v) is 2.85. The minimum atomic E-state index is -0.213. The highest BCUT2D eigenvalue weighted by Crippen LogP contribution is 2.11. The molecule has 0 heterocycles. The van der Waals surface area contributed by atoms with Crippen molar-refractivity contribution in [2.24, 2.45) is 5.73 Å². The molecule has 1 unspecified atom stereocenters. The van der Waals surface area contributed by atoms with Crippen molar-refractivity contribution < 1.29 is 5.11 Å². The average Bonchev–Trinajstić information content (AvgIpc) is 2.09. The molecule has 3 nitrogen and oxygen atoms in total. The smallest absolute Gasteiger partial charge is 0.0585 e. The number of aliphatic hydroxyl groups is 1. The van der Waals surface area contributed by atoms with Gasteiger partial charge in [-0.2, -0.15) is 0 Å². The Balaban J connectivity index is 2.69. The number of para-hydroxylation sites is 1. The first-order chi connectivity index (χ1) is 5.74. The zero-order valence-electron chi connectivity index (χ0n) is 6.90. The van der Waals surface area contributed by atoms with Gasteiger partial charge in [0.1, 0.15) is 0 Å². The Hall–Kier alpha value is -1.06. The van der Waals surface area contributed by atoms with Gasteiger partial charge in [0.25, 0.3) is 0 Å². The van der Waals surface area contributed by atoms with E-state index < -0.39 is 0 Å². The fourth-order valence-electron chi connectivity index (χ4n) is 1.07. The molecular formula is C9H14N2O. The number of rotatable bonds is 3. The van der Waals surface area contributed by atoms with E-state index in [0.29, 0.717) is 6.42 Å². The summed E-state index contributed by atoms with van der Waals surface area (Å²) in [5.41, 5.74) is 13.0. The van der Waals surface area contributed by atoms with Crippen LogP contribution in [0.15, 0.2) is 24.3 Å². The predicted octanol–water partition coefficient (Wildman–Crippen LogP) is 0.131. The first-order valence-corrected chi connectivity index (χ1v) is 3.94. The number of anilines is 1. The topological polar surface area (TPSA) is 72.3 Å². The van der Waals surface area contributed by atoms with Crippen LogP contribution in [0.1, 0.15) is 5.56 Å². The van der Waals surface area contributed by atoms with Gasteiger partial charge in [-0.05, 0) is 18.1 Å². The fourth-order valence-corrected chi connectivity index (χ4v) is 1.07. The molecule has 5 N–H and O–H groups in total. The lowest BCUT2D eigenvalue weighted by Crippen LogP contribution is -2.27. The molecule has 66 valence electrons. The number of nitrogens with two attached hydrogens (primary N) is 2. The van der Waals surface area contributed by atoms with Crippen LogP contribution in [-0.2, 0) is 6.42 Å². The molecular weight excluding hydrogens is 152 g/mol. The third-order valence-corrected chi connectivity index (χ3v) is 1.77. The van der Waals surface area contributed by atoms with Crippen LogP contribution in [0.3, 0.4) is 0 Å². The first kappa shape index (κ1) is 9.03. The van der Waals surface area contributed by atoms with Gasteiger partial charge in [0, 0.05) is 11.7 Å². The largest absolute Gasteiger partial charge is 0.399 e. The van der Waals surface area contributed by atoms with E-state index in [1.165, 1.54) is 0 Å².